The number of pyridine rings is 1. The van der Waals surface area contributed by atoms with Crippen molar-refractivity contribution in [3.8, 4) is 11.5 Å². The molecule has 126 valence electrons. The number of para-hydroxylation sites is 1. The molecule has 1 aromatic heterocycles. The number of aliphatic hydroxyl groups is 1. The summed E-state index contributed by atoms with van der Waals surface area (Å²) in [6, 6.07) is 7.10. The van der Waals surface area contributed by atoms with Gasteiger partial charge in [0.1, 0.15) is 13.2 Å². The number of anilines is 1. The molecule has 3 rings (SSSR count). The molecule has 6 nitrogen and oxygen atoms in total. The minimum absolute atomic E-state index is 0.146. The minimum atomic E-state index is -0.269. The standard InChI is InChI=1S/C17H18N2O4S/c20-7-2-10-24-15-5-6-18-11-13(15)19-17(21)12-3-1-4-14-16(12)23-9-8-22-14/h1,3-6,11,20H,2,7-10H2,(H,19,21). The zero-order valence-electron chi connectivity index (χ0n) is 13.0. The predicted molar refractivity (Wildman–Crippen MR) is 92.0 cm³/mol. The zero-order valence-corrected chi connectivity index (χ0v) is 13.8. The Labute approximate surface area is 144 Å². The van der Waals surface area contributed by atoms with Crippen LogP contribution in [0.4, 0.5) is 5.69 Å². The van der Waals surface area contributed by atoms with Gasteiger partial charge < -0.3 is 19.9 Å². The van der Waals surface area contributed by atoms with Crippen LogP contribution in [0.3, 0.4) is 0 Å². The molecule has 0 atom stereocenters. The smallest absolute Gasteiger partial charge is 0.259 e. The van der Waals surface area contributed by atoms with Crippen molar-refractivity contribution >= 4 is 23.4 Å². The Balaban J connectivity index is 1.78. The fourth-order valence-corrected chi connectivity index (χ4v) is 3.20. The highest BCUT2D eigenvalue weighted by Crippen LogP contribution is 2.34. The fraction of sp³-hybridized carbons (Fsp3) is 0.294. The highest BCUT2D eigenvalue weighted by Gasteiger charge is 2.21. The van der Waals surface area contributed by atoms with Crippen molar-refractivity contribution in [3.63, 3.8) is 0 Å². The monoisotopic (exact) mass is 346 g/mol. The van der Waals surface area contributed by atoms with E-state index >= 15 is 0 Å². The van der Waals surface area contributed by atoms with E-state index < -0.39 is 0 Å². The number of ether oxygens (including phenoxy) is 2. The summed E-state index contributed by atoms with van der Waals surface area (Å²) in [5.41, 5.74) is 1.07. The molecule has 0 fully saturated rings. The molecule has 1 amide bonds. The average Bonchev–Trinajstić information content (AvgIpc) is 2.63. The van der Waals surface area contributed by atoms with E-state index in [1.807, 2.05) is 6.07 Å². The van der Waals surface area contributed by atoms with Crippen LogP contribution in [0.5, 0.6) is 11.5 Å². The summed E-state index contributed by atoms with van der Waals surface area (Å²) >= 11 is 1.57. The van der Waals surface area contributed by atoms with Crippen LogP contribution in [0.15, 0.2) is 41.6 Å². The molecular weight excluding hydrogens is 328 g/mol. The van der Waals surface area contributed by atoms with Crippen molar-refractivity contribution in [1.29, 1.82) is 0 Å². The van der Waals surface area contributed by atoms with E-state index in [1.165, 1.54) is 0 Å². The average molecular weight is 346 g/mol. The molecule has 1 aliphatic rings. The van der Waals surface area contributed by atoms with Crippen LogP contribution in [0.25, 0.3) is 0 Å². The Morgan fingerprint density at radius 3 is 3.04 bits per heavy atom. The van der Waals surface area contributed by atoms with Gasteiger partial charge in [-0.3, -0.25) is 9.78 Å². The topological polar surface area (TPSA) is 80.7 Å². The third-order valence-electron chi connectivity index (χ3n) is 3.40. The van der Waals surface area contributed by atoms with Gasteiger partial charge in [-0.2, -0.15) is 0 Å². The molecule has 0 aliphatic carbocycles. The van der Waals surface area contributed by atoms with Gasteiger partial charge in [0.2, 0.25) is 0 Å². The molecule has 1 aromatic carbocycles. The van der Waals surface area contributed by atoms with Gasteiger partial charge in [0, 0.05) is 23.5 Å². The van der Waals surface area contributed by atoms with Crippen LogP contribution in [0.1, 0.15) is 16.8 Å². The number of carbonyl (C=O) groups is 1. The number of benzene rings is 1. The number of hydrogen-bond donors (Lipinski definition) is 2. The van der Waals surface area contributed by atoms with E-state index in [0.29, 0.717) is 42.4 Å². The normalized spacial score (nSPS) is 12.7. The summed E-state index contributed by atoms with van der Waals surface area (Å²) < 4.78 is 11.1. The molecule has 7 heteroatoms. The van der Waals surface area contributed by atoms with E-state index in [4.69, 9.17) is 14.6 Å². The number of amides is 1. The first-order valence-corrected chi connectivity index (χ1v) is 8.66. The van der Waals surface area contributed by atoms with Crippen LogP contribution >= 0.6 is 11.8 Å². The molecule has 2 N–H and O–H groups in total. The van der Waals surface area contributed by atoms with Gasteiger partial charge in [-0.05, 0) is 24.6 Å². The summed E-state index contributed by atoms with van der Waals surface area (Å²) in [6.07, 6.45) is 3.99. The van der Waals surface area contributed by atoms with E-state index in [9.17, 15) is 4.79 Å². The van der Waals surface area contributed by atoms with Gasteiger partial charge in [0.15, 0.2) is 11.5 Å². The van der Waals surface area contributed by atoms with Gasteiger partial charge in [-0.15, -0.1) is 11.8 Å². The van der Waals surface area contributed by atoms with Gasteiger partial charge in [-0.25, -0.2) is 0 Å². The Morgan fingerprint density at radius 2 is 2.17 bits per heavy atom. The van der Waals surface area contributed by atoms with Crippen LogP contribution in [0, 0.1) is 0 Å². The molecule has 0 radical (unpaired) electrons. The molecule has 2 aromatic rings. The minimum Gasteiger partial charge on any atom is -0.486 e. The van der Waals surface area contributed by atoms with Gasteiger partial charge in [-0.1, -0.05) is 6.07 Å². The van der Waals surface area contributed by atoms with E-state index in [0.717, 1.165) is 10.6 Å². The fourth-order valence-electron chi connectivity index (χ4n) is 2.29. The summed E-state index contributed by atoms with van der Waals surface area (Å²) in [4.78, 5) is 17.6. The lowest BCUT2D eigenvalue weighted by Crippen LogP contribution is -2.20. The Hall–Kier alpha value is -2.25. The SMILES string of the molecule is O=C(Nc1cnccc1SCCCO)c1cccc2c1OCCO2. The second-order valence-corrected chi connectivity index (χ2v) is 6.22. The second kappa shape index (κ2) is 8.03. The molecule has 0 saturated carbocycles. The first kappa shape index (κ1) is 16.6. The number of aliphatic hydroxyl groups excluding tert-OH is 1. The lowest BCUT2D eigenvalue weighted by molar-refractivity contribution is 0.101. The van der Waals surface area contributed by atoms with Gasteiger partial charge in [0.05, 0.1) is 17.4 Å². The number of aromatic nitrogens is 1. The lowest BCUT2D eigenvalue weighted by atomic mass is 10.1. The van der Waals surface area contributed by atoms with Crippen molar-refractivity contribution < 1.29 is 19.4 Å². The van der Waals surface area contributed by atoms with E-state index in [-0.39, 0.29) is 12.5 Å². The largest absolute Gasteiger partial charge is 0.486 e. The highest BCUT2D eigenvalue weighted by molar-refractivity contribution is 7.99. The molecule has 0 unspecified atom stereocenters. The van der Waals surface area contributed by atoms with Crippen molar-refractivity contribution in [2.75, 3.05) is 30.9 Å². The molecule has 0 spiro atoms. The molecule has 0 saturated heterocycles. The summed E-state index contributed by atoms with van der Waals surface area (Å²) in [5, 5.41) is 11.8. The molecular formula is C17H18N2O4S. The van der Waals surface area contributed by atoms with Crippen molar-refractivity contribution in [1.82, 2.24) is 4.98 Å². The third-order valence-corrected chi connectivity index (χ3v) is 4.56. The number of nitrogens with one attached hydrogen (secondary N) is 1. The summed E-state index contributed by atoms with van der Waals surface area (Å²) in [6.45, 7) is 1.05. The number of nitrogens with zero attached hydrogens (tertiary/aromatic N) is 1. The predicted octanol–water partition coefficient (Wildman–Crippen LogP) is 2.58. The first-order valence-electron chi connectivity index (χ1n) is 7.67. The quantitative estimate of drug-likeness (QED) is 0.618. The number of carbonyl (C=O) groups excluding carboxylic acids is 1. The first-order chi connectivity index (χ1) is 11.8. The van der Waals surface area contributed by atoms with Crippen molar-refractivity contribution in [2.45, 2.75) is 11.3 Å². The molecule has 1 aliphatic heterocycles. The Bertz CT molecular complexity index is 723. The second-order valence-electron chi connectivity index (χ2n) is 5.08. The summed E-state index contributed by atoms with van der Waals surface area (Å²) in [5.74, 6) is 1.55. The van der Waals surface area contributed by atoms with Crippen molar-refractivity contribution in [3.05, 3.63) is 42.2 Å². The van der Waals surface area contributed by atoms with E-state index in [2.05, 4.69) is 10.3 Å². The van der Waals surface area contributed by atoms with Crippen LogP contribution < -0.4 is 14.8 Å². The van der Waals surface area contributed by atoms with Gasteiger partial charge in [0.25, 0.3) is 5.91 Å². The number of fused-ring (bicyclic) bond motifs is 1. The lowest BCUT2D eigenvalue weighted by Gasteiger charge is -2.20. The maximum Gasteiger partial charge on any atom is 0.259 e. The maximum absolute atomic E-state index is 12.6. The molecule has 0 bridgehead atoms. The number of hydrogen-bond acceptors (Lipinski definition) is 6. The number of rotatable bonds is 6. The highest BCUT2D eigenvalue weighted by atomic mass is 32.2. The van der Waals surface area contributed by atoms with Crippen LogP contribution in [-0.4, -0.2) is 41.6 Å². The maximum atomic E-state index is 12.6. The van der Waals surface area contributed by atoms with Crippen LogP contribution in [0.2, 0.25) is 0 Å². The Kier molecular flexibility index (Phi) is 5.55. The molecule has 2 heterocycles. The molecule has 24 heavy (non-hydrogen) atoms. The third kappa shape index (κ3) is 3.80. The Morgan fingerprint density at radius 1 is 1.29 bits per heavy atom. The summed E-state index contributed by atoms with van der Waals surface area (Å²) in [7, 11) is 0. The van der Waals surface area contributed by atoms with Gasteiger partial charge >= 0.3 is 0 Å². The van der Waals surface area contributed by atoms with Crippen LogP contribution in [-0.2, 0) is 0 Å². The zero-order chi connectivity index (χ0) is 16.8. The number of thioether (sulfide) groups is 1. The van der Waals surface area contributed by atoms with E-state index in [1.54, 1.807) is 42.4 Å². The van der Waals surface area contributed by atoms with Crippen molar-refractivity contribution in [2.24, 2.45) is 0 Å².